The van der Waals surface area contributed by atoms with Crippen LogP contribution < -0.4 is 15.5 Å². The lowest BCUT2D eigenvalue weighted by atomic mass is 10.1. The molecule has 0 radical (unpaired) electrons. The summed E-state index contributed by atoms with van der Waals surface area (Å²) < 4.78 is 5.48. The van der Waals surface area contributed by atoms with Crippen molar-refractivity contribution in [3.63, 3.8) is 0 Å². The molecule has 6 nitrogen and oxygen atoms in total. The molecule has 0 atom stereocenters. The van der Waals surface area contributed by atoms with E-state index in [0.29, 0.717) is 6.54 Å². The van der Waals surface area contributed by atoms with Gasteiger partial charge in [0.25, 0.3) is 0 Å². The first kappa shape index (κ1) is 22.9. The first-order valence-electron chi connectivity index (χ1n) is 9.53. The maximum atomic E-state index is 5.48. The number of hydrogen-bond acceptors (Lipinski definition) is 5. The molecule has 0 bridgehead atoms. The normalized spacial score (nSPS) is 14.5. The molecule has 1 aromatic heterocycles. The number of para-hydroxylation sites is 1. The number of nitrogens with one attached hydrogen (secondary N) is 2. The lowest BCUT2D eigenvalue weighted by Gasteiger charge is -2.30. The van der Waals surface area contributed by atoms with Crippen LogP contribution in [-0.2, 0) is 17.8 Å². The van der Waals surface area contributed by atoms with Crippen LogP contribution in [-0.4, -0.2) is 43.8 Å². The van der Waals surface area contributed by atoms with Gasteiger partial charge in [-0.3, -0.25) is 0 Å². The molecular weight excluding hydrogens is 485 g/mol. The molecule has 1 saturated heterocycles. The first-order valence-corrected chi connectivity index (χ1v) is 10.3. The number of ether oxygens (including phenoxy) is 1. The highest BCUT2D eigenvalue weighted by atomic mass is 127. The number of halogens is 1. The van der Waals surface area contributed by atoms with Gasteiger partial charge >= 0.3 is 0 Å². The number of hydrogen-bond donors (Lipinski definition) is 2. The van der Waals surface area contributed by atoms with Crippen molar-refractivity contribution in [2.45, 2.75) is 33.9 Å². The van der Waals surface area contributed by atoms with Crippen LogP contribution >= 0.6 is 35.3 Å². The second kappa shape index (κ2) is 11.6. The number of nitrogens with zero attached hydrogens (tertiary/aromatic N) is 3. The van der Waals surface area contributed by atoms with Crippen molar-refractivity contribution in [1.29, 1.82) is 0 Å². The van der Waals surface area contributed by atoms with Crippen LogP contribution in [0.4, 0.5) is 5.69 Å². The predicted octanol–water partition coefficient (Wildman–Crippen LogP) is 3.47. The van der Waals surface area contributed by atoms with Gasteiger partial charge in [-0.25, -0.2) is 9.98 Å². The monoisotopic (exact) mass is 515 g/mol. The molecule has 3 rings (SSSR count). The zero-order valence-electron chi connectivity index (χ0n) is 16.8. The lowest BCUT2D eigenvalue weighted by molar-refractivity contribution is 0.122. The summed E-state index contributed by atoms with van der Waals surface area (Å²) in [5, 5.41) is 7.88. The smallest absolute Gasteiger partial charge is 0.191 e. The Kier molecular flexibility index (Phi) is 9.46. The highest BCUT2D eigenvalue weighted by molar-refractivity contribution is 14.0. The first-order chi connectivity index (χ1) is 13.2. The van der Waals surface area contributed by atoms with Gasteiger partial charge in [0.1, 0.15) is 0 Å². The number of rotatable bonds is 6. The number of guanidine groups is 1. The van der Waals surface area contributed by atoms with Gasteiger partial charge in [-0.2, -0.15) is 0 Å². The van der Waals surface area contributed by atoms with Gasteiger partial charge in [-0.15, -0.1) is 35.3 Å². The van der Waals surface area contributed by atoms with E-state index in [1.165, 1.54) is 16.1 Å². The van der Waals surface area contributed by atoms with Crippen LogP contribution in [0, 0.1) is 13.8 Å². The van der Waals surface area contributed by atoms with Crippen LogP contribution in [0.1, 0.15) is 28.1 Å². The van der Waals surface area contributed by atoms with Gasteiger partial charge in [0, 0.05) is 30.2 Å². The summed E-state index contributed by atoms with van der Waals surface area (Å²) in [5.41, 5.74) is 3.59. The molecule has 0 amide bonds. The molecule has 0 aliphatic carbocycles. The second-order valence-electron chi connectivity index (χ2n) is 6.52. The molecule has 0 saturated carbocycles. The SMILES string of the molecule is CCNC(=NCc1ccccc1N1CCOCC1)NCc1sc(C)nc1C.I. The third-order valence-corrected chi connectivity index (χ3v) is 5.58. The molecule has 0 unspecified atom stereocenters. The highest BCUT2D eigenvalue weighted by Gasteiger charge is 2.14. The molecule has 1 aromatic carbocycles. The van der Waals surface area contributed by atoms with Crippen molar-refractivity contribution in [2.24, 2.45) is 4.99 Å². The number of aliphatic imine (C=N–C) groups is 1. The number of morpholine rings is 1. The molecule has 8 heteroatoms. The summed E-state index contributed by atoms with van der Waals surface area (Å²) in [4.78, 5) is 12.9. The van der Waals surface area contributed by atoms with E-state index in [1.54, 1.807) is 11.3 Å². The second-order valence-corrected chi connectivity index (χ2v) is 7.81. The minimum Gasteiger partial charge on any atom is -0.378 e. The fourth-order valence-corrected chi connectivity index (χ4v) is 4.04. The van der Waals surface area contributed by atoms with Crippen LogP contribution in [0.2, 0.25) is 0 Å². The molecule has 28 heavy (non-hydrogen) atoms. The maximum absolute atomic E-state index is 5.48. The van der Waals surface area contributed by atoms with Crippen LogP contribution in [0.15, 0.2) is 29.3 Å². The predicted molar refractivity (Wildman–Crippen MR) is 128 cm³/mol. The Labute approximate surface area is 188 Å². The van der Waals surface area contributed by atoms with E-state index in [0.717, 1.165) is 56.1 Å². The number of aromatic nitrogens is 1. The van der Waals surface area contributed by atoms with E-state index in [2.05, 4.69) is 58.6 Å². The summed E-state index contributed by atoms with van der Waals surface area (Å²) >= 11 is 1.74. The van der Waals surface area contributed by atoms with Gasteiger partial charge in [0.05, 0.1) is 37.0 Å². The van der Waals surface area contributed by atoms with E-state index in [9.17, 15) is 0 Å². The standard InChI is InChI=1S/C20H29N5OS.HI/c1-4-21-20(23-14-19-15(2)24-16(3)27-19)22-13-17-7-5-6-8-18(17)25-9-11-26-12-10-25;/h5-8H,4,9-14H2,1-3H3,(H2,21,22,23);1H. The summed E-state index contributed by atoms with van der Waals surface area (Å²) in [7, 11) is 0. The Balaban J connectivity index is 0.00000280. The number of anilines is 1. The Morgan fingerprint density at radius 2 is 1.96 bits per heavy atom. The average molecular weight is 515 g/mol. The summed E-state index contributed by atoms with van der Waals surface area (Å²) in [5.74, 6) is 0.833. The Hall–Kier alpha value is -1.39. The molecule has 2 aromatic rings. The largest absolute Gasteiger partial charge is 0.378 e. The Morgan fingerprint density at radius 3 is 2.64 bits per heavy atom. The van der Waals surface area contributed by atoms with Gasteiger partial charge in [0.15, 0.2) is 5.96 Å². The van der Waals surface area contributed by atoms with Crippen molar-refractivity contribution in [1.82, 2.24) is 15.6 Å². The van der Waals surface area contributed by atoms with Gasteiger partial charge < -0.3 is 20.3 Å². The minimum atomic E-state index is 0. The quantitative estimate of drug-likeness (QED) is 0.351. The summed E-state index contributed by atoms with van der Waals surface area (Å²) in [6.45, 7) is 11.8. The minimum absolute atomic E-state index is 0. The van der Waals surface area contributed by atoms with Gasteiger partial charge in [-0.1, -0.05) is 18.2 Å². The maximum Gasteiger partial charge on any atom is 0.191 e. The van der Waals surface area contributed by atoms with Crippen LogP contribution in [0.25, 0.3) is 0 Å². The van der Waals surface area contributed by atoms with Crippen molar-refractivity contribution in [2.75, 3.05) is 37.7 Å². The van der Waals surface area contributed by atoms with Crippen LogP contribution in [0.5, 0.6) is 0 Å². The van der Waals surface area contributed by atoms with E-state index >= 15 is 0 Å². The third kappa shape index (κ3) is 6.31. The zero-order valence-corrected chi connectivity index (χ0v) is 20.0. The van der Waals surface area contributed by atoms with Crippen molar-refractivity contribution in [3.8, 4) is 0 Å². The van der Waals surface area contributed by atoms with E-state index in [-0.39, 0.29) is 24.0 Å². The number of thiazole rings is 1. The summed E-state index contributed by atoms with van der Waals surface area (Å²) in [6, 6.07) is 8.52. The van der Waals surface area contributed by atoms with Crippen molar-refractivity contribution >= 4 is 47.0 Å². The fourth-order valence-electron chi connectivity index (χ4n) is 3.16. The average Bonchev–Trinajstić information content (AvgIpc) is 3.02. The molecule has 2 heterocycles. The fraction of sp³-hybridized carbons (Fsp3) is 0.500. The molecule has 154 valence electrons. The molecule has 1 aliphatic rings. The van der Waals surface area contributed by atoms with Gasteiger partial charge in [-0.05, 0) is 32.4 Å². The third-order valence-electron chi connectivity index (χ3n) is 4.51. The Bertz CT molecular complexity index is 774. The summed E-state index contributed by atoms with van der Waals surface area (Å²) in [6.07, 6.45) is 0. The lowest BCUT2D eigenvalue weighted by Crippen LogP contribution is -2.37. The Morgan fingerprint density at radius 1 is 1.21 bits per heavy atom. The van der Waals surface area contributed by atoms with Crippen molar-refractivity contribution < 1.29 is 4.74 Å². The van der Waals surface area contributed by atoms with Gasteiger partial charge in [0.2, 0.25) is 0 Å². The number of aryl methyl sites for hydroxylation is 2. The molecule has 1 fully saturated rings. The molecule has 1 aliphatic heterocycles. The van der Waals surface area contributed by atoms with E-state index in [4.69, 9.17) is 9.73 Å². The molecule has 0 spiro atoms. The topological polar surface area (TPSA) is 61.8 Å². The molecular formula is C20H30IN5OS. The van der Waals surface area contributed by atoms with E-state index in [1.807, 2.05) is 6.92 Å². The highest BCUT2D eigenvalue weighted by Crippen LogP contribution is 2.22. The molecule has 2 N–H and O–H groups in total. The van der Waals surface area contributed by atoms with E-state index < -0.39 is 0 Å². The van der Waals surface area contributed by atoms with Crippen LogP contribution in [0.3, 0.4) is 0 Å². The zero-order chi connectivity index (χ0) is 19.1. The number of benzene rings is 1. The van der Waals surface area contributed by atoms with Crippen molar-refractivity contribution in [3.05, 3.63) is 45.4 Å².